The Kier molecular flexibility index (Phi) is 4.76. The smallest absolute Gasteiger partial charge is 0.257 e. The number of nitrogens with zero attached hydrogens (tertiary/aromatic N) is 1. The van der Waals surface area contributed by atoms with Crippen molar-refractivity contribution in [2.45, 2.75) is 37.1 Å². The summed E-state index contributed by atoms with van der Waals surface area (Å²) in [5, 5.41) is 9.93. The second kappa shape index (κ2) is 6.35. The molecule has 2 rings (SSSR count). The van der Waals surface area contributed by atoms with Crippen LogP contribution in [0.15, 0.2) is 18.2 Å². The quantitative estimate of drug-likeness (QED) is 0.873. The maximum absolute atomic E-state index is 12.5. The monoisotopic (exact) mass is 297 g/mol. The van der Waals surface area contributed by atoms with Crippen LogP contribution >= 0.6 is 11.6 Å². The summed E-state index contributed by atoms with van der Waals surface area (Å²) in [6, 6.07) is 4.72. The van der Waals surface area contributed by atoms with E-state index in [2.05, 4.69) is 0 Å². The minimum Gasteiger partial charge on any atom is -0.507 e. The number of phenolic OH excluding ortho intramolecular Hbond substituents is 1. The van der Waals surface area contributed by atoms with Gasteiger partial charge < -0.3 is 14.7 Å². The van der Waals surface area contributed by atoms with Gasteiger partial charge in [0, 0.05) is 19.2 Å². The van der Waals surface area contributed by atoms with Crippen LogP contribution in [0.2, 0.25) is 0 Å². The molecule has 0 heterocycles. The molecule has 1 aromatic rings. The summed E-state index contributed by atoms with van der Waals surface area (Å²) in [5.74, 6) is 0.250. The summed E-state index contributed by atoms with van der Waals surface area (Å²) in [7, 11) is 3.26. The summed E-state index contributed by atoms with van der Waals surface area (Å²) >= 11 is 6.32. The molecule has 1 aliphatic carbocycles. The number of aromatic hydroxyl groups is 1. The number of rotatable bonds is 3. The van der Waals surface area contributed by atoms with E-state index in [1.807, 2.05) is 0 Å². The highest BCUT2D eigenvalue weighted by Gasteiger charge is 2.30. The fourth-order valence-electron chi connectivity index (χ4n) is 2.66. The van der Waals surface area contributed by atoms with Crippen molar-refractivity contribution in [2.24, 2.45) is 0 Å². The van der Waals surface area contributed by atoms with Crippen molar-refractivity contribution < 1.29 is 14.6 Å². The van der Waals surface area contributed by atoms with Crippen molar-refractivity contribution in [3.8, 4) is 11.5 Å². The van der Waals surface area contributed by atoms with Gasteiger partial charge in [0.2, 0.25) is 0 Å². The zero-order valence-corrected chi connectivity index (χ0v) is 12.6. The van der Waals surface area contributed by atoms with Gasteiger partial charge in [-0.25, -0.2) is 0 Å². The highest BCUT2D eigenvalue weighted by molar-refractivity contribution is 6.21. The van der Waals surface area contributed by atoms with Gasteiger partial charge in [-0.1, -0.05) is 12.8 Å². The Bertz CT molecular complexity index is 492. The van der Waals surface area contributed by atoms with Crippen LogP contribution in [-0.4, -0.2) is 41.5 Å². The Labute approximate surface area is 124 Å². The number of hydrogen-bond donors (Lipinski definition) is 1. The second-order valence-electron chi connectivity index (χ2n) is 5.17. The van der Waals surface area contributed by atoms with Crippen LogP contribution in [0, 0.1) is 0 Å². The van der Waals surface area contributed by atoms with E-state index in [4.69, 9.17) is 16.3 Å². The van der Waals surface area contributed by atoms with Crippen LogP contribution in [0.3, 0.4) is 0 Å². The van der Waals surface area contributed by atoms with Crippen LogP contribution in [-0.2, 0) is 0 Å². The Morgan fingerprint density at radius 3 is 2.70 bits per heavy atom. The third kappa shape index (κ3) is 3.01. The van der Waals surface area contributed by atoms with Gasteiger partial charge in [0.05, 0.1) is 18.1 Å². The Morgan fingerprint density at radius 2 is 2.10 bits per heavy atom. The average Bonchev–Trinajstić information content (AvgIpc) is 2.46. The average molecular weight is 298 g/mol. The zero-order valence-electron chi connectivity index (χ0n) is 11.8. The van der Waals surface area contributed by atoms with Gasteiger partial charge in [0.25, 0.3) is 5.91 Å². The first-order valence-electron chi connectivity index (χ1n) is 6.83. The summed E-state index contributed by atoms with van der Waals surface area (Å²) < 4.78 is 5.02. The van der Waals surface area contributed by atoms with Crippen molar-refractivity contribution in [1.82, 2.24) is 4.90 Å². The number of phenols is 1. The number of benzene rings is 1. The molecule has 0 saturated heterocycles. The van der Waals surface area contributed by atoms with E-state index in [0.717, 1.165) is 25.7 Å². The van der Waals surface area contributed by atoms with Gasteiger partial charge in [0.15, 0.2) is 0 Å². The molecule has 5 heteroatoms. The predicted octanol–water partition coefficient (Wildman–Crippen LogP) is 3.02. The van der Waals surface area contributed by atoms with E-state index >= 15 is 0 Å². The van der Waals surface area contributed by atoms with Crippen molar-refractivity contribution in [1.29, 1.82) is 0 Å². The predicted molar refractivity (Wildman–Crippen MR) is 78.6 cm³/mol. The molecule has 4 nitrogen and oxygen atoms in total. The summed E-state index contributed by atoms with van der Waals surface area (Å²) in [6.07, 6.45) is 4.03. The molecule has 0 aromatic heterocycles. The lowest BCUT2D eigenvalue weighted by Crippen LogP contribution is -2.44. The highest BCUT2D eigenvalue weighted by Crippen LogP contribution is 2.30. The Hall–Kier alpha value is -1.42. The number of halogens is 1. The lowest BCUT2D eigenvalue weighted by molar-refractivity contribution is 0.0697. The molecule has 20 heavy (non-hydrogen) atoms. The molecule has 1 fully saturated rings. The number of carbonyl (C=O) groups excluding carboxylic acids is 1. The molecule has 0 bridgehead atoms. The van der Waals surface area contributed by atoms with Crippen LogP contribution in [0.1, 0.15) is 36.0 Å². The SMILES string of the molecule is COc1ccc(C(=O)N(C)C2CCCCC2Cl)c(O)c1. The van der Waals surface area contributed by atoms with Crippen LogP contribution in [0.4, 0.5) is 0 Å². The van der Waals surface area contributed by atoms with E-state index in [-0.39, 0.29) is 28.6 Å². The fourth-order valence-corrected chi connectivity index (χ4v) is 3.11. The molecule has 0 aliphatic heterocycles. The van der Waals surface area contributed by atoms with E-state index in [0.29, 0.717) is 5.75 Å². The molecular formula is C15H20ClNO3. The lowest BCUT2D eigenvalue weighted by atomic mass is 9.93. The van der Waals surface area contributed by atoms with Crippen molar-refractivity contribution >= 4 is 17.5 Å². The van der Waals surface area contributed by atoms with E-state index in [9.17, 15) is 9.90 Å². The van der Waals surface area contributed by atoms with Crippen LogP contribution in [0.25, 0.3) is 0 Å². The van der Waals surface area contributed by atoms with E-state index < -0.39 is 0 Å². The van der Waals surface area contributed by atoms with Crippen LogP contribution < -0.4 is 4.74 Å². The number of alkyl halides is 1. The summed E-state index contributed by atoms with van der Waals surface area (Å²) in [5.41, 5.74) is 0.280. The first-order valence-corrected chi connectivity index (χ1v) is 7.26. The van der Waals surface area contributed by atoms with E-state index in [1.165, 1.54) is 13.2 Å². The molecule has 110 valence electrons. The minimum atomic E-state index is -0.206. The Morgan fingerprint density at radius 1 is 1.40 bits per heavy atom. The first kappa shape index (κ1) is 15.0. The normalized spacial score (nSPS) is 22.4. The number of carbonyl (C=O) groups is 1. The van der Waals surface area contributed by atoms with Crippen LogP contribution in [0.5, 0.6) is 11.5 Å². The number of methoxy groups -OCH3 is 1. The molecule has 2 unspecified atom stereocenters. The maximum Gasteiger partial charge on any atom is 0.257 e. The van der Waals surface area contributed by atoms with Gasteiger partial charge in [-0.15, -0.1) is 11.6 Å². The molecule has 1 saturated carbocycles. The Balaban J connectivity index is 2.17. The fraction of sp³-hybridized carbons (Fsp3) is 0.533. The summed E-state index contributed by atoms with van der Waals surface area (Å²) in [4.78, 5) is 14.1. The first-order chi connectivity index (χ1) is 9.54. The number of ether oxygens (including phenoxy) is 1. The molecule has 2 atom stereocenters. The molecular weight excluding hydrogens is 278 g/mol. The topological polar surface area (TPSA) is 49.8 Å². The highest BCUT2D eigenvalue weighted by atomic mass is 35.5. The molecule has 1 N–H and O–H groups in total. The lowest BCUT2D eigenvalue weighted by Gasteiger charge is -2.35. The molecule has 1 aliphatic rings. The van der Waals surface area contributed by atoms with Gasteiger partial charge in [0.1, 0.15) is 11.5 Å². The van der Waals surface area contributed by atoms with Gasteiger partial charge in [-0.2, -0.15) is 0 Å². The number of hydrogen-bond acceptors (Lipinski definition) is 3. The van der Waals surface area contributed by atoms with Crippen molar-refractivity contribution in [3.05, 3.63) is 23.8 Å². The minimum absolute atomic E-state index is 0.0157. The van der Waals surface area contributed by atoms with Crippen molar-refractivity contribution in [2.75, 3.05) is 14.2 Å². The largest absolute Gasteiger partial charge is 0.507 e. The molecule has 1 amide bonds. The third-order valence-corrected chi connectivity index (χ3v) is 4.41. The summed E-state index contributed by atoms with van der Waals surface area (Å²) in [6.45, 7) is 0. The second-order valence-corrected chi connectivity index (χ2v) is 5.73. The number of amides is 1. The molecule has 1 aromatic carbocycles. The van der Waals surface area contributed by atoms with Crippen molar-refractivity contribution in [3.63, 3.8) is 0 Å². The standard InChI is InChI=1S/C15H20ClNO3/c1-17(13-6-4-3-5-12(13)16)15(19)11-8-7-10(20-2)9-14(11)18/h7-9,12-13,18H,3-6H2,1-2H3. The zero-order chi connectivity index (χ0) is 14.7. The maximum atomic E-state index is 12.5. The van der Waals surface area contributed by atoms with Gasteiger partial charge in [-0.3, -0.25) is 4.79 Å². The molecule has 0 spiro atoms. The third-order valence-electron chi connectivity index (χ3n) is 3.90. The van der Waals surface area contributed by atoms with E-state index in [1.54, 1.807) is 24.1 Å². The van der Waals surface area contributed by atoms with Gasteiger partial charge >= 0.3 is 0 Å². The van der Waals surface area contributed by atoms with Gasteiger partial charge in [-0.05, 0) is 25.0 Å². The molecule has 0 radical (unpaired) electrons.